The van der Waals surface area contributed by atoms with Gasteiger partial charge in [-0.2, -0.15) is 0 Å². The SMILES string of the molecule is CC1=C2C[C@H]3[C@@H](CC=C4C[C@@H](O)CC[C@@]43C)[C@@H]2CC[C@]12O[C@@H]1C[C@H](C)CN(Cc3cn([C@@H]4OC[C@@H](O)C(O)C4O)nn3)[C@H]1[C@H]2C. The lowest BCUT2D eigenvalue weighted by molar-refractivity contribution is -0.214. The summed E-state index contributed by atoms with van der Waals surface area (Å²) in [6.07, 6.45) is 8.30. The van der Waals surface area contributed by atoms with Gasteiger partial charge in [-0.15, -0.1) is 5.10 Å². The zero-order valence-electron chi connectivity index (χ0n) is 27.3. The van der Waals surface area contributed by atoms with E-state index >= 15 is 0 Å². The van der Waals surface area contributed by atoms with Crippen molar-refractivity contribution in [2.24, 2.45) is 35.0 Å². The summed E-state index contributed by atoms with van der Waals surface area (Å²) in [5.41, 5.74) is 5.50. The van der Waals surface area contributed by atoms with Gasteiger partial charge in [0.2, 0.25) is 0 Å². The van der Waals surface area contributed by atoms with Crippen molar-refractivity contribution in [3.63, 3.8) is 0 Å². The van der Waals surface area contributed by atoms with Crippen LogP contribution < -0.4 is 0 Å². The van der Waals surface area contributed by atoms with Gasteiger partial charge in [0, 0.05) is 25.0 Å². The number of nitrogens with zero attached hydrogens (tertiary/aromatic N) is 4. The van der Waals surface area contributed by atoms with Crippen LogP contribution in [0.25, 0.3) is 0 Å². The van der Waals surface area contributed by atoms with Crippen LogP contribution in [0.3, 0.4) is 0 Å². The molecule has 1 aromatic rings. The van der Waals surface area contributed by atoms with Crippen molar-refractivity contribution in [3.05, 3.63) is 34.7 Å². The van der Waals surface area contributed by atoms with E-state index in [4.69, 9.17) is 9.47 Å². The van der Waals surface area contributed by atoms with Crippen molar-refractivity contribution in [2.45, 2.75) is 134 Å². The monoisotopic (exact) mass is 624 g/mol. The highest BCUT2D eigenvalue weighted by molar-refractivity contribution is 5.38. The molecular weight excluding hydrogens is 572 g/mol. The average Bonchev–Trinajstić information content (AvgIpc) is 3.70. The Labute approximate surface area is 266 Å². The van der Waals surface area contributed by atoms with Crippen molar-refractivity contribution in [1.82, 2.24) is 19.9 Å². The zero-order valence-corrected chi connectivity index (χ0v) is 27.3. The van der Waals surface area contributed by atoms with Gasteiger partial charge >= 0.3 is 0 Å². The molecule has 0 amide bonds. The number of rotatable bonds is 3. The summed E-state index contributed by atoms with van der Waals surface area (Å²) >= 11 is 0. The van der Waals surface area contributed by atoms with E-state index in [9.17, 15) is 20.4 Å². The Kier molecular flexibility index (Phi) is 7.45. The fraction of sp³-hybridized carbons (Fsp3) is 0.829. The van der Waals surface area contributed by atoms with Crippen LogP contribution in [0, 0.1) is 35.0 Å². The van der Waals surface area contributed by atoms with Crippen molar-refractivity contribution in [3.8, 4) is 0 Å². The smallest absolute Gasteiger partial charge is 0.180 e. The molecule has 7 aliphatic rings. The molecule has 0 aromatic carbocycles. The molecule has 3 aliphatic heterocycles. The van der Waals surface area contributed by atoms with Gasteiger partial charge in [0.15, 0.2) is 6.23 Å². The first kappa shape index (κ1) is 30.7. The van der Waals surface area contributed by atoms with Crippen LogP contribution in [0.1, 0.15) is 91.0 Å². The molecule has 4 heterocycles. The molecule has 0 radical (unpaired) electrons. The molecule has 3 saturated heterocycles. The average molecular weight is 625 g/mol. The molecule has 14 atom stereocenters. The summed E-state index contributed by atoms with van der Waals surface area (Å²) in [4.78, 5) is 2.55. The Morgan fingerprint density at radius 2 is 1.89 bits per heavy atom. The Balaban J connectivity index is 1.04. The highest BCUT2D eigenvalue weighted by Gasteiger charge is 2.61. The Bertz CT molecular complexity index is 1380. The quantitative estimate of drug-likeness (QED) is 0.375. The zero-order chi connectivity index (χ0) is 31.4. The van der Waals surface area contributed by atoms with Crippen LogP contribution in [-0.2, 0) is 16.0 Å². The van der Waals surface area contributed by atoms with E-state index in [1.54, 1.807) is 11.8 Å². The molecule has 10 nitrogen and oxygen atoms in total. The molecule has 45 heavy (non-hydrogen) atoms. The Morgan fingerprint density at radius 1 is 1.07 bits per heavy atom. The molecular formula is C35H52N4O6. The fourth-order valence-electron chi connectivity index (χ4n) is 11.4. The van der Waals surface area contributed by atoms with Crippen LogP contribution >= 0.6 is 0 Å². The summed E-state index contributed by atoms with van der Waals surface area (Å²) in [5.74, 6) is 2.88. The van der Waals surface area contributed by atoms with Gasteiger partial charge in [0.05, 0.1) is 36.3 Å². The minimum atomic E-state index is -1.29. The second kappa shape index (κ2) is 10.9. The molecule has 0 bridgehead atoms. The highest BCUT2D eigenvalue weighted by Crippen LogP contribution is 2.65. The Morgan fingerprint density at radius 3 is 2.71 bits per heavy atom. The molecule has 10 heteroatoms. The summed E-state index contributed by atoms with van der Waals surface area (Å²) in [5, 5.41) is 49.6. The molecule has 1 aromatic heterocycles. The summed E-state index contributed by atoms with van der Waals surface area (Å²) in [7, 11) is 0. The predicted molar refractivity (Wildman–Crippen MR) is 165 cm³/mol. The third kappa shape index (κ3) is 4.60. The molecule has 248 valence electrons. The van der Waals surface area contributed by atoms with E-state index in [1.807, 2.05) is 0 Å². The maximum Gasteiger partial charge on any atom is 0.180 e. The first-order valence-corrected chi connectivity index (χ1v) is 17.6. The van der Waals surface area contributed by atoms with Crippen molar-refractivity contribution >= 4 is 0 Å². The number of likely N-dealkylation sites (tertiary alicyclic amines) is 1. The lowest BCUT2D eigenvalue weighted by Crippen LogP contribution is -2.51. The van der Waals surface area contributed by atoms with E-state index < -0.39 is 24.5 Å². The third-order valence-corrected chi connectivity index (χ3v) is 13.8. The van der Waals surface area contributed by atoms with E-state index in [0.29, 0.717) is 36.1 Å². The van der Waals surface area contributed by atoms with Gasteiger partial charge in [-0.1, -0.05) is 43.2 Å². The van der Waals surface area contributed by atoms with Crippen molar-refractivity contribution in [1.29, 1.82) is 0 Å². The number of piperidine rings is 1. The van der Waals surface area contributed by atoms with Gasteiger partial charge in [-0.25, -0.2) is 4.68 Å². The Hall–Kier alpha value is -1.66. The van der Waals surface area contributed by atoms with E-state index in [-0.39, 0.29) is 35.9 Å². The van der Waals surface area contributed by atoms with Gasteiger partial charge in [0.25, 0.3) is 0 Å². The molecule has 5 fully saturated rings. The van der Waals surface area contributed by atoms with Gasteiger partial charge in [-0.05, 0) is 93.0 Å². The lowest BCUT2D eigenvalue weighted by atomic mass is 9.56. The first-order valence-electron chi connectivity index (χ1n) is 17.6. The van der Waals surface area contributed by atoms with Crippen molar-refractivity contribution < 1.29 is 29.9 Å². The van der Waals surface area contributed by atoms with Gasteiger partial charge < -0.3 is 29.9 Å². The molecule has 1 spiro atoms. The first-order chi connectivity index (χ1) is 21.5. The number of aliphatic hydroxyl groups is 4. The number of hydrogen-bond donors (Lipinski definition) is 4. The molecule has 8 rings (SSSR count). The maximum absolute atomic E-state index is 10.5. The van der Waals surface area contributed by atoms with Crippen LogP contribution in [0.5, 0.6) is 0 Å². The second-order valence-electron chi connectivity index (χ2n) is 16.1. The molecule has 4 N–H and O–H groups in total. The number of allylic oxidation sites excluding steroid dienone is 2. The van der Waals surface area contributed by atoms with Crippen LogP contribution in [0.15, 0.2) is 29.0 Å². The van der Waals surface area contributed by atoms with Crippen LogP contribution in [0.2, 0.25) is 0 Å². The number of fused-ring (bicyclic) bond motifs is 6. The lowest BCUT2D eigenvalue weighted by Gasteiger charge is -2.49. The van der Waals surface area contributed by atoms with Gasteiger partial charge in [-0.3, -0.25) is 4.90 Å². The normalized spacial score (nSPS) is 49.8. The van der Waals surface area contributed by atoms with Crippen LogP contribution in [-0.4, -0.2) is 95.6 Å². The molecule has 2 unspecified atom stereocenters. The number of aliphatic hydroxyl groups excluding tert-OH is 4. The van der Waals surface area contributed by atoms with E-state index in [2.05, 4.69) is 49.0 Å². The molecule has 4 aliphatic carbocycles. The number of hydrogen-bond acceptors (Lipinski definition) is 9. The minimum Gasteiger partial charge on any atom is -0.393 e. The highest BCUT2D eigenvalue weighted by atomic mass is 16.5. The number of aromatic nitrogens is 3. The summed E-state index contributed by atoms with van der Waals surface area (Å²) in [6.45, 7) is 11.1. The summed E-state index contributed by atoms with van der Waals surface area (Å²) < 4.78 is 14.4. The number of ether oxygens (including phenoxy) is 2. The van der Waals surface area contributed by atoms with E-state index in [0.717, 1.165) is 50.8 Å². The largest absolute Gasteiger partial charge is 0.393 e. The standard InChI is InChI=1S/C35H52N4O6/c1-18-11-29-30(38(14-18)15-22-16-39(37-36-22)33-32(43)31(42)28(41)17-44-33)20(3)35(45-29)10-8-24-25-6-5-21-12-23(40)7-9-34(21,4)27(25)13-26(24)19(35)2/h5,16,18,20,23-25,27-33,40-43H,6-15,17H2,1-4H3/t18-,20+,23-,24-,25-,27-,28+,29+,30-,31?,32?,33+,34-,35-/m0/s1. The van der Waals surface area contributed by atoms with Gasteiger partial charge in [0.1, 0.15) is 18.3 Å². The van der Waals surface area contributed by atoms with E-state index in [1.165, 1.54) is 28.7 Å². The molecule has 2 saturated carbocycles. The maximum atomic E-state index is 10.5. The topological polar surface area (TPSA) is 133 Å². The van der Waals surface area contributed by atoms with Crippen molar-refractivity contribution in [2.75, 3.05) is 13.2 Å². The van der Waals surface area contributed by atoms with Crippen LogP contribution in [0.4, 0.5) is 0 Å². The summed E-state index contributed by atoms with van der Waals surface area (Å²) in [6, 6.07) is 0.279. The predicted octanol–water partition coefficient (Wildman–Crippen LogP) is 3.12. The minimum absolute atomic E-state index is 0.0698. The third-order valence-electron chi connectivity index (χ3n) is 13.8. The fourth-order valence-corrected chi connectivity index (χ4v) is 11.4. The second-order valence-corrected chi connectivity index (χ2v) is 16.1.